The van der Waals surface area contributed by atoms with Crippen molar-refractivity contribution in [2.45, 2.75) is 24.9 Å². The normalized spacial score (nSPS) is 20.2. The summed E-state index contributed by atoms with van der Waals surface area (Å²) in [5.74, 6) is -0.671. The van der Waals surface area contributed by atoms with E-state index in [4.69, 9.17) is 4.74 Å². The van der Waals surface area contributed by atoms with Crippen LogP contribution in [0.2, 0.25) is 0 Å². The van der Waals surface area contributed by atoms with Gasteiger partial charge in [-0.15, -0.1) is 0 Å². The van der Waals surface area contributed by atoms with Crippen LogP contribution in [0.15, 0.2) is 48.8 Å². The lowest BCUT2D eigenvalue weighted by Crippen LogP contribution is -2.58. The maximum atomic E-state index is 13.2. The lowest BCUT2D eigenvalue weighted by atomic mass is 10.1. The maximum Gasteiger partial charge on any atom is 0.295 e. The highest BCUT2D eigenvalue weighted by molar-refractivity contribution is 6.45. The summed E-state index contributed by atoms with van der Waals surface area (Å²) in [6.07, 6.45) is 4.65. The van der Waals surface area contributed by atoms with Gasteiger partial charge >= 0.3 is 0 Å². The Balaban J connectivity index is 1.38. The van der Waals surface area contributed by atoms with E-state index in [1.807, 2.05) is 18.2 Å². The van der Waals surface area contributed by atoms with Gasteiger partial charge in [-0.2, -0.15) is 0 Å². The molecule has 2 bridgehead atoms. The molecule has 2 aliphatic heterocycles. The number of hydrogen-bond donors (Lipinski definition) is 1. The molecule has 0 spiro atoms. The van der Waals surface area contributed by atoms with Crippen LogP contribution in [0.3, 0.4) is 0 Å². The van der Waals surface area contributed by atoms with E-state index in [1.54, 1.807) is 34.2 Å². The number of nitrogens with zero attached hydrogens (tertiary/aromatic N) is 3. The number of nitrogens with one attached hydrogen (secondary N) is 1. The molecule has 4 heterocycles. The number of fused-ring (bicyclic) bond motifs is 3. The molecule has 0 aliphatic carbocycles. The van der Waals surface area contributed by atoms with Gasteiger partial charge in [0.2, 0.25) is 0 Å². The van der Waals surface area contributed by atoms with Crippen molar-refractivity contribution in [2.75, 3.05) is 20.2 Å². The first kappa shape index (κ1) is 19.3. The zero-order valence-corrected chi connectivity index (χ0v) is 17.1. The third-order valence-electron chi connectivity index (χ3n) is 6.22. The fourth-order valence-corrected chi connectivity index (χ4v) is 4.77. The van der Waals surface area contributed by atoms with E-state index in [2.05, 4.69) is 9.97 Å². The fourth-order valence-electron chi connectivity index (χ4n) is 4.77. The van der Waals surface area contributed by atoms with Crippen molar-refractivity contribution in [3.63, 3.8) is 0 Å². The molecule has 31 heavy (non-hydrogen) atoms. The summed E-state index contributed by atoms with van der Waals surface area (Å²) < 4.78 is 5.36. The molecule has 0 radical (unpaired) electrons. The Labute approximate surface area is 178 Å². The predicted octanol–water partition coefficient (Wildman–Crippen LogP) is 2.27. The monoisotopic (exact) mass is 418 g/mol. The number of hydrogen-bond acceptors (Lipinski definition) is 5. The summed E-state index contributed by atoms with van der Waals surface area (Å²) in [6, 6.07) is 10.5. The number of ether oxygens (including phenoxy) is 1. The lowest BCUT2D eigenvalue weighted by Gasteiger charge is -2.40. The molecule has 0 saturated carbocycles. The second-order valence-electron chi connectivity index (χ2n) is 7.94. The average Bonchev–Trinajstić information content (AvgIpc) is 3.36. The first-order chi connectivity index (χ1) is 15.1. The number of aromatic nitrogens is 2. The highest BCUT2D eigenvalue weighted by Gasteiger charge is 2.46. The van der Waals surface area contributed by atoms with E-state index in [0.717, 1.165) is 12.8 Å². The van der Waals surface area contributed by atoms with Crippen LogP contribution in [0.25, 0.3) is 11.0 Å². The zero-order valence-electron chi connectivity index (χ0n) is 17.1. The number of carbonyl (C=O) groups is 3. The average molecular weight is 418 g/mol. The van der Waals surface area contributed by atoms with Crippen LogP contribution in [-0.2, 0) is 4.79 Å². The van der Waals surface area contributed by atoms with Crippen LogP contribution in [0.1, 0.15) is 33.6 Å². The number of Topliss-reactive ketones (excluding diaryl/α,β-unsaturated/α-hetero) is 1. The van der Waals surface area contributed by atoms with E-state index >= 15 is 0 Å². The van der Waals surface area contributed by atoms with Gasteiger partial charge in [-0.1, -0.05) is 18.2 Å². The summed E-state index contributed by atoms with van der Waals surface area (Å²) >= 11 is 0. The Morgan fingerprint density at radius 1 is 1.06 bits per heavy atom. The number of ketones is 1. The molecule has 2 amide bonds. The third kappa shape index (κ3) is 3.15. The molecule has 2 aliphatic rings. The fraction of sp³-hybridized carbons (Fsp3) is 0.304. The number of likely N-dealkylation sites (tertiary alicyclic amines) is 1. The van der Waals surface area contributed by atoms with Crippen LogP contribution in [-0.4, -0.2) is 69.6 Å². The molecule has 5 rings (SSSR count). The van der Waals surface area contributed by atoms with Crippen molar-refractivity contribution < 1.29 is 19.1 Å². The summed E-state index contributed by atoms with van der Waals surface area (Å²) in [7, 11) is 1.51. The zero-order chi connectivity index (χ0) is 21.5. The third-order valence-corrected chi connectivity index (χ3v) is 6.22. The van der Waals surface area contributed by atoms with Crippen LogP contribution >= 0.6 is 0 Å². The van der Waals surface area contributed by atoms with Crippen LogP contribution < -0.4 is 4.74 Å². The Morgan fingerprint density at radius 2 is 1.77 bits per heavy atom. The number of rotatable bonds is 4. The first-order valence-corrected chi connectivity index (χ1v) is 10.3. The highest BCUT2D eigenvalue weighted by Crippen LogP contribution is 2.33. The molecule has 3 aromatic rings. The number of carbonyl (C=O) groups excluding carboxylic acids is 3. The second-order valence-corrected chi connectivity index (χ2v) is 7.94. The molecule has 2 aromatic heterocycles. The standard InChI is InChI=1S/C23H22N4O4/c1-31-18-9-10-24-21-19(18)17(11-25-21)20(28)23(30)27-15-7-8-16(27)13-26(12-15)22(29)14-5-3-2-4-6-14/h2-6,9-11,15-16H,7-8,12-13H2,1H3,(H,24,25). The van der Waals surface area contributed by atoms with Gasteiger partial charge in [0.1, 0.15) is 11.4 Å². The van der Waals surface area contributed by atoms with Gasteiger partial charge in [0.05, 0.1) is 30.1 Å². The van der Waals surface area contributed by atoms with Gasteiger partial charge in [-0.05, 0) is 31.0 Å². The molecule has 2 saturated heterocycles. The van der Waals surface area contributed by atoms with Crippen molar-refractivity contribution in [2.24, 2.45) is 0 Å². The van der Waals surface area contributed by atoms with E-state index in [1.165, 1.54) is 13.3 Å². The minimum Gasteiger partial charge on any atom is -0.496 e. The quantitative estimate of drug-likeness (QED) is 0.518. The van der Waals surface area contributed by atoms with Crippen molar-refractivity contribution in [3.8, 4) is 5.75 Å². The molecule has 158 valence electrons. The summed E-state index contributed by atoms with van der Waals surface area (Å²) in [4.78, 5) is 49.9. The van der Waals surface area contributed by atoms with Crippen LogP contribution in [0.5, 0.6) is 5.75 Å². The number of benzene rings is 1. The molecule has 1 aromatic carbocycles. The number of methoxy groups -OCH3 is 1. The molecule has 2 atom stereocenters. The largest absolute Gasteiger partial charge is 0.496 e. The van der Waals surface area contributed by atoms with Gasteiger partial charge in [-0.25, -0.2) is 4.98 Å². The molecule has 2 unspecified atom stereocenters. The maximum absolute atomic E-state index is 13.2. The number of pyridine rings is 1. The van der Waals surface area contributed by atoms with E-state index in [-0.39, 0.29) is 23.6 Å². The summed E-state index contributed by atoms with van der Waals surface area (Å²) in [6.45, 7) is 0.865. The lowest BCUT2D eigenvalue weighted by molar-refractivity contribution is -0.131. The second kappa shape index (κ2) is 7.54. The van der Waals surface area contributed by atoms with Gasteiger partial charge in [0.15, 0.2) is 0 Å². The molecule has 1 N–H and O–H groups in total. The Kier molecular flexibility index (Phi) is 4.69. The van der Waals surface area contributed by atoms with Gasteiger partial charge in [0, 0.05) is 31.0 Å². The van der Waals surface area contributed by atoms with Crippen molar-refractivity contribution in [1.29, 1.82) is 0 Å². The molecule has 8 nitrogen and oxygen atoms in total. The molecular weight excluding hydrogens is 396 g/mol. The van der Waals surface area contributed by atoms with Crippen LogP contribution in [0, 0.1) is 0 Å². The highest BCUT2D eigenvalue weighted by atomic mass is 16.5. The van der Waals surface area contributed by atoms with E-state index in [9.17, 15) is 14.4 Å². The molecule has 8 heteroatoms. The number of amides is 2. The predicted molar refractivity (Wildman–Crippen MR) is 113 cm³/mol. The van der Waals surface area contributed by atoms with E-state index < -0.39 is 11.7 Å². The minimum absolute atomic E-state index is 0.0386. The SMILES string of the molecule is COc1ccnc2[nH]cc(C(=O)C(=O)N3C4CCC3CN(C(=O)c3ccccc3)C4)c12. The number of piperazine rings is 1. The topological polar surface area (TPSA) is 95.6 Å². The Morgan fingerprint density at radius 3 is 2.45 bits per heavy atom. The minimum atomic E-state index is -0.586. The van der Waals surface area contributed by atoms with Crippen molar-refractivity contribution in [3.05, 3.63) is 59.9 Å². The molecular formula is C23H22N4O4. The van der Waals surface area contributed by atoms with Gasteiger partial charge < -0.3 is 19.5 Å². The number of aromatic amines is 1. The van der Waals surface area contributed by atoms with Gasteiger partial charge in [-0.3, -0.25) is 14.4 Å². The van der Waals surface area contributed by atoms with Crippen molar-refractivity contribution >= 4 is 28.6 Å². The van der Waals surface area contributed by atoms with E-state index in [0.29, 0.717) is 35.4 Å². The molecule has 2 fully saturated rings. The Hall–Kier alpha value is -3.68. The first-order valence-electron chi connectivity index (χ1n) is 10.3. The number of H-pyrrole nitrogens is 1. The summed E-state index contributed by atoms with van der Waals surface area (Å²) in [5.41, 5.74) is 1.39. The smallest absolute Gasteiger partial charge is 0.295 e. The summed E-state index contributed by atoms with van der Waals surface area (Å²) in [5, 5.41) is 0.508. The van der Waals surface area contributed by atoms with Crippen molar-refractivity contribution in [1.82, 2.24) is 19.8 Å². The van der Waals surface area contributed by atoms with Crippen LogP contribution in [0.4, 0.5) is 0 Å². The Bertz CT molecular complexity index is 1160. The van der Waals surface area contributed by atoms with Gasteiger partial charge in [0.25, 0.3) is 17.6 Å².